The van der Waals surface area contributed by atoms with E-state index in [1.54, 1.807) is 36.1 Å². The van der Waals surface area contributed by atoms with E-state index in [9.17, 15) is 55.2 Å². The second-order valence-corrected chi connectivity index (χ2v) is 20.5. The molecule has 2 aromatic rings. The SMILES string of the molecule is C=C1Oc2ccccc2C=C1COC1C(O)[C@@H](OCCNC(=O)C2C[C@@H](C)C(O[C@@H]3OC(C)[C@@H](O)[C@H](O)C3O)[C@H](O[C@@H]3OC(CO)[C@H](O)C(O[C@@H](CCC)C(=O)N4CCC4)C3OC(=O)c3ccccc3)C2)O[C@H](CO)[C@H]1O. The summed E-state index contributed by atoms with van der Waals surface area (Å²) in [6.45, 7) is 8.25. The van der Waals surface area contributed by atoms with Crippen LogP contribution in [0.2, 0.25) is 0 Å². The summed E-state index contributed by atoms with van der Waals surface area (Å²) in [5, 5.41) is 90.0. The van der Waals surface area contributed by atoms with Gasteiger partial charge in [-0.25, -0.2) is 4.79 Å². The van der Waals surface area contributed by atoms with Crippen LogP contribution in [0.5, 0.6) is 5.75 Å². The molecule has 2 aromatic carbocycles. The van der Waals surface area contributed by atoms with Crippen molar-refractivity contribution in [1.82, 2.24) is 10.2 Å². The van der Waals surface area contributed by atoms with Crippen LogP contribution in [0, 0.1) is 11.8 Å². The van der Waals surface area contributed by atoms with Crippen molar-refractivity contribution < 1.29 is 103 Å². The molecule has 4 saturated heterocycles. The molecule has 9 N–H and O–H groups in total. The molecule has 20 atom stereocenters. The number of likely N-dealkylation sites (tertiary alicyclic amines) is 1. The fourth-order valence-electron chi connectivity index (χ4n) is 10.5. The average molecular weight is 1090 g/mol. The van der Waals surface area contributed by atoms with Crippen LogP contribution >= 0.6 is 0 Å². The van der Waals surface area contributed by atoms with E-state index < -0.39 is 147 Å². The third-order valence-corrected chi connectivity index (χ3v) is 15.0. The highest BCUT2D eigenvalue weighted by atomic mass is 16.7. The van der Waals surface area contributed by atoms with E-state index in [-0.39, 0.29) is 50.5 Å². The number of nitrogens with one attached hydrogen (secondary N) is 1. The highest BCUT2D eigenvalue weighted by Gasteiger charge is 2.54. The Bertz CT molecular complexity index is 2320. The maximum absolute atomic E-state index is 14.2. The Labute approximate surface area is 446 Å². The molecule has 0 aromatic heterocycles. The summed E-state index contributed by atoms with van der Waals surface area (Å²) in [7, 11) is 0. The molecule has 5 fully saturated rings. The first kappa shape index (κ1) is 58.6. The fourth-order valence-corrected chi connectivity index (χ4v) is 10.5. The van der Waals surface area contributed by atoms with Gasteiger partial charge in [-0.2, -0.15) is 0 Å². The van der Waals surface area contributed by atoms with Gasteiger partial charge < -0.3 is 98.4 Å². The van der Waals surface area contributed by atoms with Crippen molar-refractivity contribution in [2.45, 2.75) is 163 Å². The zero-order valence-electron chi connectivity index (χ0n) is 43.3. The number of fused-ring (bicyclic) bond motifs is 1. The zero-order valence-corrected chi connectivity index (χ0v) is 43.3. The summed E-state index contributed by atoms with van der Waals surface area (Å²) < 4.78 is 61.1. The Balaban J connectivity index is 0.988. The van der Waals surface area contributed by atoms with Gasteiger partial charge in [0, 0.05) is 36.7 Å². The van der Waals surface area contributed by atoms with E-state index >= 15 is 0 Å². The highest BCUT2D eigenvalue weighted by Crippen LogP contribution is 2.40. The molecule has 9 unspecified atom stereocenters. The van der Waals surface area contributed by atoms with Crippen LogP contribution in [0.1, 0.15) is 68.8 Å². The molecular weight excluding hydrogens is 1010 g/mol. The largest absolute Gasteiger partial charge is 0.457 e. The lowest BCUT2D eigenvalue weighted by molar-refractivity contribution is -0.349. The van der Waals surface area contributed by atoms with Crippen LogP contribution in [0.25, 0.3) is 6.08 Å². The Morgan fingerprint density at radius 1 is 0.753 bits per heavy atom. The smallest absolute Gasteiger partial charge is 0.338 e. The highest BCUT2D eigenvalue weighted by molar-refractivity contribution is 5.89. The van der Waals surface area contributed by atoms with Gasteiger partial charge in [0.2, 0.25) is 5.91 Å². The minimum atomic E-state index is -1.72. The number of aliphatic hydroxyl groups is 8. The number of nitrogens with zero attached hydrogens (tertiary/aromatic N) is 1. The number of aliphatic hydroxyl groups excluding tert-OH is 8. The predicted molar refractivity (Wildman–Crippen MR) is 267 cm³/mol. The Hall–Kier alpha value is -4.51. The number of ether oxygens (including phenoxy) is 10. The van der Waals surface area contributed by atoms with E-state index in [0.717, 1.165) is 12.0 Å². The van der Waals surface area contributed by atoms with Gasteiger partial charge >= 0.3 is 5.97 Å². The second-order valence-electron chi connectivity index (χ2n) is 20.5. The number of benzene rings is 2. The van der Waals surface area contributed by atoms with Gasteiger partial charge in [0.15, 0.2) is 25.0 Å². The number of rotatable bonds is 21. The van der Waals surface area contributed by atoms with Crippen molar-refractivity contribution in [3.05, 3.63) is 83.6 Å². The lowest BCUT2D eigenvalue weighted by atomic mass is 9.77. The van der Waals surface area contributed by atoms with Crippen LogP contribution < -0.4 is 10.1 Å². The van der Waals surface area contributed by atoms with E-state index in [1.165, 1.54) is 19.1 Å². The van der Waals surface area contributed by atoms with Gasteiger partial charge in [0.1, 0.15) is 78.7 Å². The Morgan fingerprint density at radius 2 is 1.44 bits per heavy atom. The van der Waals surface area contributed by atoms with E-state index in [1.807, 2.05) is 31.2 Å². The molecule has 5 aliphatic heterocycles. The first-order chi connectivity index (χ1) is 37.0. The number of esters is 1. The topological polar surface area (TPSA) is 321 Å². The summed E-state index contributed by atoms with van der Waals surface area (Å²) in [5.74, 6) is -2.14. The summed E-state index contributed by atoms with van der Waals surface area (Å²) in [6.07, 6.45) is -21.9. The van der Waals surface area contributed by atoms with Crippen LogP contribution in [0.4, 0.5) is 0 Å². The molecule has 0 bridgehead atoms. The normalized spacial score (nSPS) is 36.6. The molecular formula is C54H74N2O21. The molecule has 8 rings (SSSR count). The number of amides is 2. The molecule has 0 radical (unpaired) electrons. The maximum atomic E-state index is 14.2. The van der Waals surface area contributed by atoms with Gasteiger partial charge in [-0.05, 0) is 62.8 Å². The van der Waals surface area contributed by atoms with Gasteiger partial charge in [-0.1, -0.05) is 63.2 Å². The van der Waals surface area contributed by atoms with Crippen molar-refractivity contribution >= 4 is 23.9 Å². The molecule has 23 nitrogen and oxygen atoms in total. The standard InChI is InChI=1S/C54H74N2O21/c1-5-12-35(50(66)56-18-11-19-56)72-47-41(61)38(25-58)75-54(48(47)76-51(67)30-13-7-6-8-14-30)73-36-23-32(21-27(2)45(36)77-53-43(63)42(62)39(59)29(4)71-53)49(65)55-17-20-68-52-44(64)46(40(60)37(24-57)74-52)69-26-33-22-31-15-9-10-16-34(31)70-28(33)3/h6-10,13-16,22,27,29,32,35-48,52-54,57-64H,3,5,11-12,17-21,23-26H2,1-2,4H3,(H,55,65)/t27-,29?,32?,35+,36-,37-,38?,39-,40-,41+,42+,43?,44?,45?,46?,47?,48?,52+,53+,54-/m1/s1. The molecule has 23 heteroatoms. The minimum absolute atomic E-state index is 0.114. The van der Waals surface area contributed by atoms with E-state index in [2.05, 4.69) is 11.9 Å². The van der Waals surface area contributed by atoms with Crippen LogP contribution in [-0.2, 0) is 52.2 Å². The lowest BCUT2D eigenvalue weighted by Crippen LogP contribution is -2.64. The predicted octanol–water partition coefficient (Wildman–Crippen LogP) is -0.333. The number of para-hydroxylation sites is 1. The molecule has 1 saturated carbocycles. The van der Waals surface area contributed by atoms with Crippen molar-refractivity contribution in [1.29, 1.82) is 0 Å². The van der Waals surface area contributed by atoms with Gasteiger partial charge in [-0.15, -0.1) is 0 Å². The second kappa shape index (κ2) is 26.6. The van der Waals surface area contributed by atoms with Gasteiger partial charge in [0.05, 0.1) is 50.3 Å². The van der Waals surface area contributed by atoms with Crippen molar-refractivity contribution in [2.24, 2.45) is 11.8 Å². The number of hydrogen-bond donors (Lipinski definition) is 9. The first-order valence-electron chi connectivity index (χ1n) is 26.5. The summed E-state index contributed by atoms with van der Waals surface area (Å²) >= 11 is 0. The molecule has 1 aliphatic carbocycles. The lowest BCUT2D eigenvalue weighted by Gasteiger charge is -2.48. The third kappa shape index (κ3) is 13.6. The van der Waals surface area contributed by atoms with Gasteiger partial charge in [0.25, 0.3) is 5.91 Å². The molecule has 0 spiro atoms. The minimum Gasteiger partial charge on any atom is -0.457 e. The number of carbonyl (C=O) groups excluding carboxylic acids is 3. The molecule has 2 amide bonds. The Morgan fingerprint density at radius 3 is 2.13 bits per heavy atom. The summed E-state index contributed by atoms with van der Waals surface area (Å²) in [5.41, 5.74) is 1.47. The Kier molecular flexibility index (Phi) is 20.3. The number of carbonyl (C=O) groups is 3. The number of hydrogen-bond acceptors (Lipinski definition) is 21. The van der Waals surface area contributed by atoms with Gasteiger partial charge in [-0.3, -0.25) is 9.59 Å². The quantitative estimate of drug-likeness (QED) is 0.0571. The van der Waals surface area contributed by atoms with Crippen molar-refractivity contribution in [3.8, 4) is 5.75 Å². The van der Waals surface area contributed by atoms with E-state index in [4.69, 9.17) is 47.4 Å². The third-order valence-electron chi connectivity index (χ3n) is 15.0. The van der Waals surface area contributed by atoms with E-state index in [0.29, 0.717) is 36.6 Å². The molecule has 426 valence electrons. The van der Waals surface area contributed by atoms with Crippen LogP contribution in [-0.4, -0.2) is 220 Å². The monoisotopic (exact) mass is 1090 g/mol. The van der Waals surface area contributed by atoms with Crippen molar-refractivity contribution in [2.75, 3.05) is 46.1 Å². The fraction of sp³-hybridized carbons (Fsp3) is 0.648. The van der Waals surface area contributed by atoms with Crippen molar-refractivity contribution in [3.63, 3.8) is 0 Å². The summed E-state index contributed by atoms with van der Waals surface area (Å²) in [4.78, 5) is 43.5. The zero-order chi connectivity index (χ0) is 55.1. The molecule has 77 heavy (non-hydrogen) atoms. The van der Waals surface area contributed by atoms with Crippen LogP contribution in [0.15, 0.2) is 72.5 Å². The average Bonchev–Trinajstić information content (AvgIpc) is 3.40. The van der Waals surface area contributed by atoms with Crippen LogP contribution in [0.3, 0.4) is 0 Å². The molecule has 5 heterocycles. The summed E-state index contributed by atoms with van der Waals surface area (Å²) in [6, 6.07) is 15.3. The molecule has 6 aliphatic rings. The first-order valence-corrected chi connectivity index (χ1v) is 26.5. The maximum Gasteiger partial charge on any atom is 0.338 e.